The van der Waals surface area contributed by atoms with E-state index < -0.39 is 6.04 Å². The van der Waals surface area contributed by atoms with Crippen LogP contribution in [0.5, 0.6) is 0 Å². The molecule has 4 nitrogen and oxygen atoms in total. The van der Waals surface area contributed by atoms with Gasteiger partial charge in [-0.1, -0.05) is 36.6 Å². The number of hydrogen-bond acceptors (Lipinski definition) is 2. The van der Waals surface area contributed by atoms with Crippen LogP contribution in [0.2, 0.25) is 5.02 Å². The second-order valence-electron chi connectivity index (χ2n) is 5.91. The Balaban J connectivity index is 1.72. The summed E-state index contributed by atoms with van der Waals surface area (Å²) >= 11 is 5.91. The first kappa shape index (κ1) is 16.8. The first-order valence-electron chi connectivity index (χ1n) is 7.89. The first-order chi connectivity index (χ1) is 10.5. The third-order valence-electron chi connectivity index (χ3n) is 4.00. The Labute approximate surface area is 136 Å². The Morgan fingerprint density at radius 1 is 1.32 bits per heavy atom. The van der Waals surface area contributed by atoms with Crippen molar-refractivity contribution in [2.75, 3.05) is 0 Å². The van der Waals surface area contributed by atoms with E-state index in [4.69, 9.17) is 11.6 Å². The highest BCUT2D eigenvalue weighted by molar-refractivity contribution is 6.30. The highest BCUT2D eigenvalue weighted by atomic mass is 35.5. The summed E-state index contributed by atoms with van der Waals surface area (Å²) < 4.78 is 0. The molecule has 1 aromatic carbocycles. The fourth-order valence-corrected chi connectivity index (χ4v) is 2.94. The molecule has 0 bridgehead atoms. The van der Waals surface area contributed by atoms with Gasteiger partial charge in [-0.05, 0) is 43.9 Å². The molecular formula is C17H23ClN2O2. The summed E-state index contributed by atoms with van der Waals surface area (Å²) in [6.07, 6.45) is 5.39. The minimum atomic E-state index is -0.493. The van der Waals surface area contributed by atoms with E-state index in [0.717, 1.165) is 18.4 Å². The van der Waals surface area contributed by atoms with Gasteiger partial charge in [-0.15, -0.1) is 0 Å². The van der Waals surface area contributed by atoms with Crippen molar-refractivity contribution in [3.8, 4) is 0 Å². The van der Waals surface area contributed by atoms with Gasteiger partial charge in [0.1, 0.15) is 6.04 Å². The van der Waals surface area contributed by atoms with Crippen LogP contribution in [0.25, 0.3) is 0 Å². The number of aryl methyl sites for hydroxylation is 1. The number of rotatable bonds is 6. The number of nitrogens with one attached hydrogen (secondary N) is 2. The zero-order valence-electron chi connectivity index (χ0n) is 12.9. The van der Waals surface area contributed by atoms with E-state index in [0.29, 0.717) is 17.9 Å². The van der Waals surface area contributed by atoms with E-state index in [-0.39, 0.29) is 17.9 Å². The van der Waals surface area contributed by atoms with E-state index in [1.54, 1.807) is 13.0 Å². The summed E-state index contributed by atoms with van der Waals surface area (Å²) in [6.45, 7) is 1.72. The van der Waals surface area contributed by atoms with Gasteiger partial charge < -0.3 is 10.6 Å². The van der Waals surface area contributed by atoms with Gasteiger partial charge in [0, 0.05) is 17.5 Å². The van der Waals surface area contributed by atoms with Gasteiger partial charge in [0.2, 0.25) is 11.8 Å². The Morgan fingerprint density at radius 2 is 2.05 bits per heavy atom. The van der Waals surface area contributed by atoms with Gasteiger partial charge in [0.25, 0.3) is 0 Å². The number of carbonyl (C=O) groups is 2. The monoisotopic (exact) mass is 322 g/mol. The third-order valence-corrected chi connectivity index (χ3v) is 4.24. The zero-order chi connectivity index (χ0) is 15.9. The maximum absolute atomic E-state index is 12.0. The van der Waals surface area contributed by atoms with Crippen LogP contribution in [0.3, 0.4) is 0 Å². The van der Waals surface area contributed by atoms with Crippen LogP contribution in [-0.4, -0.2) is 23.9 Å². The largest absolute Gasteiger partial charge is 0.352 e. The molecule has 2 rings (SSSR count). The number of hydrogen-bond donors (Lipinski definition) is 2. The number of carbonyl (C=O) groups excluding carboxylic acids is 2. The Hall–Kier alpha value is -1.55. The van der Waals surface area contributed by atoms with Gasteiger partial charge in [-0.2, -0.15) is 0 Å². The Morgan fingerprint density at radius 3 is 2.73 bits per heavy atom. The molecule has 0 spiro atoms. The topological polar surface area (TPSA) is 58.2 Å². The Bertz CT molecular complexity index is 527. The minimum absolute atomic E-state index is 0.0944. The second-order valence-corrected chi connectivity index (χ2v) is 6.35. The van der Waals surface area contributed by atoms with Crippen molar-refractivity contribution >= 4 is 23.4 Å². The minimum Gasteiger partial charge on any atom is -0.352 e. The van der Waals surface area contributed by atoms with Crippen molar-refractivity contribution in [2.45, 2.75) is 57.5 Å². The lowest BCUT2D eigenvalue weighted by Gasteiger charge is -2.17. The van der Waals surface area contributed by atoms with Crippen molar-refractivity contribution in [2.24, 2.45) is 0 Å². The molecule has 0 saturated heterocycles. The normalized spacial score (nSPS) is 16.3. The molecule has 1 aromatic rings. The molecule has 0 unspecified atom stereocenters. The average molecular weight is 323 g/mol. The van der Waals surface area contributed by atoms with Gasteiger partial charge in [-0.25, -0.2) is 0 Å². The highest BCUT2D eigenvalue weighted by Crippen LogP contribution is 2.17. The molecule has 22 heavy (non-hydrogen) atoms. The van der Waals surface area contributed by atoms with Crippen LogP contribution in [0.1, 0.15) is 44.6 Å². The lowest BCUT2D eigenvalue weighted by molar-refractivity contribution is -0.129. The maximum Gasteiger partial charge on any atom is 0.242 e. The molecule has 0 heterocycles. The fourth-order valence-electron chi connectivity index (χ4n) is 2.73. The number of halogens is 1. The van der Waals surface area contributed by atoms with Crippen molar-refractivity contribution < 1.29 is 9.59 Å². The molecule has 5 heteroatoms. The highest BCUT2D eigenvalue weighted by Gasteiger charge is 2.21. The van der Waals surface area contributed by atoms with E-state index in [1.807, 2.05) is 18.2 Å². The van der Waals surface area contributed by atoms with Gasteiger partial charge >= 0.3 is 0 Å². The van der Waals surface area contributed by atoms with Crippen LogP contribution < -0.4 is 10.6 Å². The second kappa shape index (κ2) is 8.18. The molecular weight excluding hydrogens is 300 g/mol. The molecule has 1 fully saturated rings. The Kier molecular flexibility index (Phi) is 6.25. The smallest absolute Gasteiger partial charge is 0.242 e. The average Bonchev–Trinajstić information content (AvgIpc) is 2.98. The molecule has 120 valence electrons. The standard InChI is InChI=1S/C17H23ClN2O2/c1-12(17(22)20-15-7-2-3-8-15)19-16(21)10-9-13-5-4-6-14(18)11-13/h4-6,11-12,15H,2-3,7-10H2,1H3,(H,19,21)(H,20,22)/t12-/m1/s1. The first-order valence-corrected chi connectivity index (χ1v) is 8.26. The lowest BCUT2D eigenvalue weighted by atomic mass is 10.1. The lowest BCUT2D eigenvalue weighted by Crippen LogP contribution is -2.47. The van der Waals surface area contributed by atoms with Gasteiger partial charge in [0.05, 0.1) is 0 Å². The molecule has 0 aromatic heterocycles. The molecule has 2 amide bonds. The van der Waals surface area contributed by atoms with Crippen molar-refractivity contribution in [1.29, 1.82) is 0 Å². The van der Waals surface area contributed by atoms with Crippen LogP contribution in [0, 0.1) is 0 Å². The van der Waals surface area contributed by atoms with Crippen molar-refractivity contribution in [1.82, 2.24) is 10.6 Å². The SMILES string of the molecule is C[C@@H](NC(=O)CCc1cccc(Cl)c1)C(=O)NC1CCCC1. The predicted molar refractivity (Wildman–Crippen MR) is 87.8 cm³/mol. The van der Waals surface area contributed by atoms with Gasteiger partial charge in [-0.3, -0.25) is 9.59 Å². The van der Waals surface area contributed by atoms with Crippen LogP contribution in [0.15, 0.2) is 24.3 Å². The summed E-state index contributed by atoms with van der Waals surface area (Å²) in [5.41, 5.74) is 1.02. The van der Waals surface area contributed by atoms with E-state index in [9.17, 15) is 9.59 Å². The van der Waals surface area contributed by atoms with E-state index in [2.05, 4.69) is 10.6 Å². The summed E-state index contributed by atoms with van der Waals surface area (Å²) in [7, 11) is 0. The summed E-state index contributed by atoms with van der Waals surface area (Å²) in [5.74, 6) is -0.211. The third kappa shape index (κ3) is 5.34. The van der Waals surface area contributed by atoms with Crippen LogP contribution in [-0.2, 0) is 16.0 Å². The summed E-state index contributed by atoms with van der Waals surface area (Å²) in [6, 6.07) is 7.25. The summed E-state index contributed by atoms with van der Waals surface area (Å²) in [5, 5.41) is 6.42. The quantitative estimate of drug-likeness (QED) is 0.846. The van der Waals surface area contributed by atoms with E-state index >= 15 is 0 Å². The van der Waals surface area contributed by atoms with Gasteiger partial charge in [0.15, 0.2) is 0 Å². The predicted octanol–water partition coefficient (Wildman–Crippen LogP) is 2.84. The zero-order valence-corrected chi connectivity index (χ0v) is 13.7. The van der Waals surface area contributed by atoms with Crippen LogP contribution in [0.4, 0.5) is 0 Å². The molecule has 2 N–H and O–H groups in total. The molecule has 0 radical (unpaired) electrons. The molecule has 1 aliphatic carbocycles. The number of amides is 2. The maximum atomic E-state index is 12.0. The molecule has 0 aliphatic heterocycles. The molecule has 1 aliphatic rings. The van der Waals surface area contributed by atoms with Crippen molar-refractivity contribution in [3.63, 3.8) is 0 Å². The summed E-state index contributed by atoms with van der Waals surface area (Å²) in [4.78, 5) is 23.9. The molecule has 1 atom stereocenters. The van der Waals surface area contributed by atoms with E-state index in [1.165, 1.54) is 12.8 Å². The number of benzene rings is 1. The fraction of sp³-hybridized carbons (Fsp3) is 0.529. The molecule has 1 saturated carbocycles. The van der Waals surface area contributed by atoms with Crippen LogP contribution >= 0.6 is 11.6 Å². The van der Waals surface area contributed by atoms with Crippen molar-refractivity contribution in [3.05, 3.63) is 34.9 Å².